The number of benzene rings is 5. The van der Waals surface area contributed by atoms with Gasteiger partial charge in [-0.2, -0.15) is 52.7 Å². The summed E-state index contributed by atoms with van der Waals surface area (Å²) >= 11 is 0. The minimum atomic E-state index is -4.94. The van der Waals surface area contributed by atoms with Crippen LogP contribution in [0.3, 0.4) is 0 Å². The van der Waals surface area contributed by atoms with Crippen LogP contribution in [0, 0.1) is 0 Å². The fourth-order valence-corrected chi connectivity index (χ4v) is 8.57. The quantitative estimate of drug-likeness (QED) is 0.0920. The molecule has 4 atom stereocenters. The van der Waals surface area contributed by atoms with Crippen molar-refractivity contribution >= 4 is 20.0 Å². The molecular formula is C38H30F12N4O4S2. The fraction of sp³-hybridized carbons (Fsp3) is 0.211. The molecule has 0 aromatic heterocycles. The second kappa shape index (κ2) is 16.8. The zero-order chi connectivity index (χ0) is 44.6. The van der Waals surface area contributed by atoms with E-state index in [0.29, 0.717) is 54.6 Å². The van der Waals surface area contributed by atoms with Gasteiger partial charge in [-0.15, -0.1) is 0 Å². The molecule has 0 aliphatic rings. The highest BCUT2D eigenvalue weighted by atomic mass is 32.2. The lowest BCUT2D eigenvalue weighted by atomic mass is 9.93. The molecule has 0 unspecified atom stereocenters. The van der Waals surface area contributed by atoms with E-state index in [2.05, 4.69) is 9.44 Å². The monoisotopic (exact) mass is 898 g/mol. The van der Waals surface area contributed by atoms with Crippen LogP contribution in [0.1, 0.15) is 68.7 Å². The molecule has 5 aromatic carbocycles. The minimum absolute atomic E-state index is 0.0881. The van der Waals surface area contributed by atoms with Gasteiger partial charge in [0, 0.05) is 0 Å². The lowest BCUT2D eigenvalue weighted by Crippen LogP contribution is -2.37. The van der Waals surface area contributed by atoms with Crippen molar-refractivity contribution in [2.24, 2.45) is 11.5 Å². The summed E-state index contributed by atoms with van der Waals surface area (Å²) < 4.78 is 219. The summed E-state index contributed by atoms with van der Waals surface area (Å²) in [7, 11) is -9.87. The third-order valence-electron chi connectivity index (χ3n) is 9.15. The summed E-state index contributed by atoms with van der Waals surface area (Å²) in [6.45, 7) is 0. The van der Waals surface area contributed by atoms with E-state index in [4.69, 9.17) is 11.5 Å². The van der Waals surface area contributed by atoms with Gasteiger partial charge in [0.15, 0.2) is 0 Å². The van der Waals surface area contributed by atoms with E-state index in [1.165, 1.54) is 0 Å². The van der Waals surface area contributed by atoms with E-state index in [-0.39, 0.29) is 22.3 Å². The Balaban J connectivity index is 1.51. The Bertz CT molecular complexity index is 2320. The van der Waals surface area contributed by atoms with Crippen molar-refractivity contribution in [3.05, 3.63) is 166 Å². The van der Waals surface area contributed by atoms with Gasteiger partial charge in [0.1, 0.15) is 0 Å². The van der Waals surface area contributed by atoms with Crippen molar-refractivity contribution in [2.45, 2.75) is 58.7 Å². The summed E-state index contributed by atoms with van der Waals surface area (Å²) in [5, 5.41) is 0. The first-order chi connectivity index (χ1) is 27.6. The van der Waals surface area contributed by atoms with E-state index < -0.39 is 101 Å². The molecule has 5 aromatic rings. The maximum atomic E-state index is 13.9. The first-order valence-corrected chi connectivity index (χ1v) is 19.9. The largest absolute Gasteiger partial charge is 0.416 e. The fourth-order valence-electron chi connectivity index (χ4n) is 5.91. The maximum absolute atomic E-state index is 13.9. The highest BCUT2D eigenvalue weighted by Gasteiger charge is 2.36. The van der Waals surface area contributed by atoms with Crippen LogP contribution in [-0.4, -0.2) is 16.8 Å². The van der Waals surface area contributed by atoms with Crippen LogP contribution in [0.25, 0.3) is 0 Å². The average Bonchev–Trinajstić information content (AvgIpc) is 3.17. The van der Waals surface area contributed by atoms with Crippen molar-refractivity contribution in [1.82, 2.24) is 9.44 Å². The lowest BCUT2D eigenvalue weighted by molar-refractivity contribution is -0.138. The van der Waals surface area contributed by atoms with E-state index >= 15 is 0 Å². The third kappa shape index (κ3) is 10.8. The molecule has 0 amide bonds. The van der Waals surface area contributed by atoms with Gasteiger partial charge >= 0.3 is 24.7 Å². The first kappa shape index (κ1) is 46.1. The van der Waals surface area contributed by atoms with Crippen LogP contribution in [0.5, 0.6) is 0 Å². The van der Waals surface area contributed by atoms with E-state index in [0.717, 1.165) is 66.7 Å². The molecule has 0 aliphatic carbocycles. The lowest BCUT2D eigenvalue weighted by Gasteiger charge is -2.27. The zero-order valence-electron chi connectivity index (χ0n) is 30.0. The smallest absolute Gasteiger partial charge is 0.322 e. The summed E-state index contributed by atoms with van der Waals surface area (Å²) in [5.74, 6) is 0. The van der Waals surface area contributed by atoms with E-state index in [9.17, 15) is 69.5 Å². The van der Waals surface area contributed by atoms with Gasteiger partial charge < -0.3 is 11.5 Å². The molecule has 0 saturated heterocycles. The summed E-state index contributed by atoms with van der Waals surface area (Å²) in [5.41, 5.74) is 7.68. The molecule has 60 heavy (non-hydrogen) atoms. The Morgan fingerprint density at radius 3 is 0.850 bits per heavy atom. The molecule has 0 aliphatic heterocycles. The van der Waals surface area contributed by atoms with Crippen molar-refractivity contribution < 1.29 is 69.5 Å². The number of hydrogen-bond acceptors (Lipinski definition) is 6. The number of hydrogen-bond donors (Lipinski definition) is 4. The van der Waals surface area contributed by atoms with Gasteiger partial charge in [0.25, 0.3) is 0 Å². The maximum Gasteiger partial charge on any atom is 0.416 e. The number of halogens is 12. The molecule has 5 rings (SSSR count). The topological polar surface area (TPSA) is 144 Å². The molecule has 0 heterocycles. The molecular weight excluding hydrogens is 869 g/mol. The molecule has 22 heteroatoms. The molecule has 0 radical (unpaired) electrons. The standard InChI is InChI=1S/C38H30F12N4O4S2/c39-35(40,41)25-12-4-21(5-13-25)31(51)33(23-8-16-27(17-9-23)37(45,46)47)53-59(55,56)29-2-1-3-30(20-29)60(57,58)54-34(24-10-18-28(19-11-24)38(48,49)50)32(52)22-6-14-26(15-7-22)36(42,43)44/h1-20,31-34,53-54H,51-52H2/t31-,32-,33-,34-/m0/s1. The molecule has 322 valence electrons. The van der Waals surface area contributed by atoms with Gasteiger partial charge in [-0.05, 0) is 89.0 Å². The highest BCUT2D eigenvalue weighted by molar-refractivity contribution is 7.90. The molecule has 0 saturated carbocycles. The Labute approximate surface area is 334 Å². The van der Waals surface area contributed by atoms with Crippen molar-refractivity contribution in [1.29, 1.82) is 0 Å². The van der Waals surface area contributed by atoms with Gasteiger partial charge in [0.2, 0.25) is 20.0 Å². The Morgan fingerprint density at radius 2 is 0.617 bits per heavy atom. The normalized spacial score (nSPS) is 15.3. The zero-order valence-corrected chi connectivity index (χ0v) is 31.6. The van der Waals surface area contributed by atoms with Crippen LogP contribution < -0.4 is 20.9 Å². The van der Waals surface area contributed by atoms with Crippen molar-refractivity contribution in [2.75, 3.05) is 0 Å². The summed E-state index contributed by atoms with van der Waals surface area (Å²) in [4.78, 5) is -1.56. The van der Waals surface area contributed by atoms with Crippen LogP contribution in [0.2, 0.25) is 0 Å². The Hall–Kier alpha value is -5.00. The number of sulfonamides is 2. The molecule has 0 fully saturated rings. The van der Waals surface area contributed by atoms with Gasteiger partial charge in [-0.3, -0.25) is 0 Å². The molecule has 6 N–H and O–H groups in total. The average molecular weight is 899 g/mol. The summed E-state index contributed by atoms with van der Waals surface area (Å²) in [6, 6.07) is 9.23. The molecule has 8 nitrogen and oxygen atoms in total. The number of alkyl halides is 12. The SMILES string of the molecule is N[C@@H](c1ccc(C(F)(F)F)cc1)[C@@H](NS(=O)(=O)c1cccc(S(=O)(=O)N[C@@H](c2ccc(C(F)(F)F)cc2)[C@@H](N)c2ccc(C(F)(F)F)cc2)c1)c1ccc(C(F)(F)F)cc1. The first-order valence-electron chi connectivity index (χ1n) is 16.9. The number of rotatable bonds is 12. The van der Waals surface area contributed by atoms with Crippen molar-refractivity contribution in [3.8, 4) is 0 Å². The van der Waals surface area contributed by atoms with E-state index in [1.807, 2.05) is 0 Å². The van der Waals surface area contributed by atoms with Gasteiger partial charge in [-0.25, -0.2) is 26.3 Å². The number of nitrogens with one attached hydrogen (secondary N) is 2. The Morgan fingerprint density at radius 1 is 0.383 bits per heavy atom. The molecule has 0 spiro atoms. The molecule has 0 bridgehead atoms. The Kier molecular flexibility index (Phi) is 12.9. The summed E-state index contributed by atoms with van der Waals surface area (Å²) in [6.07, 6.45) is -19.1. The highest BCUT2D eigenvalue weighted by Crippen LogP contribution is 2.37. The van der Waals surface area contributed by atoms with Gasteiger partial charge in [-0.1, -0.05) is 54.6 Å². The third-order valence-corrected chi connectivity index (χ3v) is 12.0. The van der Waals surface area contributed by atoms with Crippen LogP contribution >= 0.6 is 0 Å². The second-order valence-corrected chi connectivity index (χ2v) is 16.6. The second-order valence-electron chi connectivity index (χ2n) is 13.2. The number of nitrogens with two attached hydrogens (primary N) is 2. The van der Waals surface area contributed by atoms with Crippen LogP contribution in [0.4, 0.5) is 52.7 Å². The van der Waals surface area contributed by atoms with Crippen LogP contribution in [0.15, 0.2) is 131 Å². The van der Waals surface area contributed by atoms with Crippen LogP contribution in [-0.2, 0) is 44.8 Å². The van der Waals surface area contributed by atoms with E-state index in [1.54, 1.807) is 0 Å². The van der Waals surface area contributed by atoms with Gasteiger partial charge in [0.05, 0.1) is 56.2 Å². The predicted molar refractivity (Wildman–Crippen MR) is 192 cm³/mol. The minimum Gasteiger partial charge on any atom is -0.322 e. The van der Waals surface area contributed by atoms with Crippen molar-refractivity contribution in [3.63, 3.8) is 0 Å². The predicted octanol–water partition coefficient (Wildman–Crippen LogP) is 9.20.